The molecule has 0 aromatic heterocycles. The molecule has 0 spiro atoms. The van der Waals surface area contributed by atoms with Gasteiger partial charge in [0, 0.05) is 32.6 Å². The van der Waals surface area contributed by atoms with Gasteiger partial charge in [-0.15, -0.1) is 0 Å². The van der Waals surface area contributed by atoms with Crippen molar-refractivity contribution in [2.24, 2.45) is 0 Å². The third-order valence-electron chi connectivity index (χ3n) is 4.79. The molecule has 0 radical (unpaired) electrons. The van der Waals surface area contributed by atoms with Gasteiger partial charge in [-0.3, -0.25) is 4.79 Å². The molecule has 1 aromatic rings. The van der Waals surface area contributed by atoms with Gasteiger partial charge in [0.05, 0.1) is 24.8 Å². The maximum Gasteiger partial charge on any atom is 0.416 e. The van der Waals surface area contributed by atoms with E-state index in [1.54, 1.807) is 0 Å². The maximum absolute atomic E-state index is 13.1. The van der Waals surface area contributed by atoms with Crippen molar-refractivity contribution < 1.29 is 31.1 Å². The van der Waals surface area contributed by atoms with E-state index in [0.717, 1.165) is 12.1 Å². The first-order chi connectivity index (χ1) is 13.2. The highest BCUT2D eigenvalue weighted by molar-refractivity contribution is 7.87. The van der Waals surface area contributed by atoms with E-state index < -0.39 is 28.0 Å². The van der Waals surface area contributed by atoms with Crippen molar-refractivity contribution in [2.45, 2.75) is 25.1 Å². The van der Waals surface area contributed by atoms with Crippen LogP contribution in [-0.4, -0.2) is 62.9 Å². The smallest absolute Gasteiger partial charge is 0.379 e. The number of alkyl halides is 3. The van der Waals surface area contributed by atoms with Gasteiger partial charge >= 0.3 is 6.18 Å². The molecular formula is C17H22F3N3O4S. The van der Waals surface area contributed by atoms with Crippen molar-refractivity contribution in [1.29, 1.82) is 0 Å². The van der Waals surface area contributed by atoms with Gasteiger partial charge in [-0.05, 0) is 24.1 Å². The van der Waals surface area contributed by atoms with Crippen molar-refractivity contribution in [3.05, 3.63) is 35.4 Å². The Labute approximate surface area is 161 Å². The number of morpholine rings is 1. The van der Waals surface area contributed by atoms with E-state index in [1.807, 2.05) is 0 Å². The first-order valence-corrected chi connectivity index (χ1v) is 10.4. The molecule has 7 nitrogen and oxygen atoms in total. The molecule has 0 saturated carbocycles. The monoisotopic (exact) mass is 421 g/mol. The molecule has 2 saturated heterocycles. The number of rotatable bonds is 6. The summed E-state index contributed by atoms with van der Waals surface area (Å²) in [6.45, 7) is 1.25. The second-order valence-corrected chi connectivity index (χ2v) is 8.46. The molecule has 3 rings (SSSR count). The molecule has 1 atom stereocenters. The predicted molar refractivity (Wildman–Crippen MR) is 94.4 cm³/mol. The minimum atomic E-state index is -4.55. The molecule has 28 heavy (non-hydrogen) atoms. The number of likely N-dealkylation sites (tertiary alicyclic amines) is 1. The molecule has 0 unspecified atom stereocenters. The largest absolute Gasteiger partial charge is 0.416 e. The Hall–Kier alpha value is -1.69. The van der Waals surface area contributed by atoms with Gasteiger partial charge in [-0.1, -0.05) is 12.1 Å². The molecular weight excluding hydrogens is 399 g/mol. The van der Waals surface area contributed by atoms with Crippen LogP contribution >= 0.6 is 0 Å². The number of carbonyl (C=O) groups is 1. The lowest BCUT2D eigenvalue weighted by Gasteiger charge is -2.30. The predicted octanol–water partition coefficient (Wildman–Crippen LogP) is 1.54. The Kier molecular flexibility index (Phi) is 6.28. The Bertz CT molecular complexity index is 810. The topological polar surface area (TPSA) is 79.0 Å². The van der Waals surface area contributed by atoms with Crippen LogP contribution in [-0.2, 0) is 25.9 Å². The van der Waals surface area contributed by atoms with E-state index in [4.69, 9.17) is 4.74 Å². The van der Waals surface area contributed by atoms with Crippen molar-refractivity contribution in [3.8, 4) is 0 Å². The van der Waals surface area contributed by atoms with Gasteiger partial charge in [0.2, 0.25) is 5.91 Å². The molecule has 156 valence electrons. The summed E-state index contributed by atoms with van der Waals surface area (Å²) in [5, 5.41) is 0. The molecule has 0 bridgehead atoms. The summed E-state index contributed by atoms with van der Waals surface area (Å²) in [5.74, 6) is -0.137. The lowest BCUT2D eigenvalue weighted by Crippen LogP contribution is -2.49. The van der Waals surface area contributed by atoms with E-state index in [-0.39, 0.29) is 44.3 Å². The lowest BCUT2D eigenvalue weighted by atomic mass is 10.0. The normalized spacial score (nSPS) is 20.5. The standard InChI is InChI=1S/C17H22F3N3O4S/c18-17(19,20)14-4-1-3-13(11-14)15(12-22-6-2-5-16(22)24)21-28(25,26)23-7-9-27-10-8-23/h1,3-4,11,15,21H,2,5-10,12H2/t15-/m1/s1. The number of hydrogen-bond acceptors (Lipinski definition) is 4. The molecule has 2 fully saturated rings. The molecule has 0 aliphatic carbocycles. The zero-order valence-corrected chi connectivity index (χ0v) is 15.9. The first kappa shape index (κ1) is 21.0. The second-order valence-electron chi connectivity index (χ2n) is 6.75. The molecule has 2 heterocycles. The summed E-state index contributed by atoms with van der Waals surface area (Å²) in [6.07, 6.45) is -3.55. The highest BCUT2D eigenvalue weighted by Crippen LogP contribution is 2.31. The number of carbonyl (C=O) groups excluding carboxylic acids is 1. The average molecular weight is 421 g/mol. The fraction of sp³-hybridized carbons (Fsp3) is 0.588. The molecule has 2 aliphatic heterocycles. The van der Waals surface area contributed by atoms with Crippen LogP contribution in [0.4, 0.5) is 13.2 Å². The fourth-order valence-electron chi connectivity index (χ4n) is 3.30. The number of nitrogens with one attached hydrogen (secondary N) is 1. The highest BCUT2D eigenvalue weighted by atomic mass is 32.2. The Morgan fingerprint density at radius 1 is 1.18 bits per heavy atom. The molecule has 2 aliphatic rings. The Morgan fingerprint density at radius 3 is 2.50 bits per heavy atom. The SMILES string of the molecule is O=C1CCCN1C[C@@H](NS(=O)(=O)N1CCOCC1)c1cccc(C(F)(F)F)c1. The van der Waals surface area contributed by atoms with E-state index in [9.17, 15) is 26.4 Å². The highest BCUT2D eigenvalue weighted by Gasteiger charge is 2.34. The van der Waals surface area contributed by atoms with Crippen LogP contribution in [0.2, 0.25) is 0 Å². The van der Waals surface area contributed by atoms with Crippen LogP contribution in [0.25, 0.3) is 0 Å². The molecule has 11 heteroatoms. The summed E-state index contributed by atoms with van der Waals surface area (Å²) in [7, 11) is -3.95. The van der Waals surface area contributed by atoms with E-state index in [2.05, 4.69) is 4.72 Å². The van der Waals surface area contributed by atoms with Crippen molar-refractivity contribution in [3.63, 3.8) is 0 Å². The number of amides is 1. The Balaban J connectivity index is 1.87. The number of halogens is 3. The summed E-state index contributed by atoms with van der Waals surface area (Å²) < 4.78 is 73.6. The van der Waals surface area contributed by atoms with Crippen LogP contribution in [0.15, 0.2) is 24.3 Å². The van der Waals surface area contributed by atoms with E-state index in [1.165, 1.54) is 21.3 Å². The molecule has 1 N–H and O–H groups in total. The number of benzene rings is 1. The molecule has 1 amide bonds. The van der Waals surface area contributed by atoms with Crippen molar-refractivity contribution in [1.82, 2.24) is 13.9 Å². The van der Waals surface area contributed by atoms with E-state index >= 15 is 0 Å². The van der Waals surface area contributed by atoms with Gasteiger partial charge in [-0.2, -0.15) is 30.6 Å². The third-order valence-corrected chi connectivity index (χ3v) is 6.42. The fourth-order valence-corrected chi connectivity index (χ4v) is 4.65. The van der Waals surface area contributed by atoms with Crippen LogP contribution in [0.5, 0.6) is 0 Å². The lowest BCUT2D eigenvalue weighted by molar-refractivity contribution is -0.137. The van der Waals surface area contributed by atoms with Gasteiger partial charge in [0.25, 0.3) is 10.2 Å². The van der Waals surface area contributed by atoms with E-state index in [0.29, 0.717) is 19.4 Å². The minimum absolute atomic E-state index is 0.0241. The zero-order chi connectivity index (χ0) is 20.4. The first-order valence-electron chi connectivity index (χ1n) is 8.97. The van der Waals surface area contributed by atoms with Crippen LogP contribution < -0.4 is 4.72 Å². The van der Waals surface area contributed by atoms with Gasteiger partial charge in [0.15, 0.2) is 0 Å². The van der Waals surface area contributed by atoms with Gasteiger partial charge in [-0.25, -0.2) is 0 Å². The maximum atomic E-state index is 13.1. The van der Waals surface area contributed by atoms with Crippen LogP contribution in [0.3, 0.4) is 0 Å². The quantitative estimate of drug-likeness (QED) is 0.756. The number of nitrogens with zero attached hydrogens (tertiary/aromatic N) is 2. The van der Waals surface area contributed by atoms with Gasteiger partial charge < -0.3 is 9.64 Å². The summed E-state index contributed by atoms with van der Waals surface area (Å²) in [4.78, 5) is 13.5. The number of ether oxygens (including phenoxy) is 1. The van der Waals surface area contributed by atoms with Crippen LogP contribution in [0, 0.1) is 0 Å². The van der Waals surface area contributed by atoms with Gasteiger partial charge in [0.1, 0.15) is 0 Å². The summed E-state index contributed by atoms with van der Waals surface area (Å²) in [6, 6.07) is 3.53. The van der Waals surface area contributed by atoms with Crippen LogP contribution in [0.1, 0.15) is 30.0 Å². The zero-order valence-electron chi connectivity index (χ0n) is 15.1. The average Bonchev–Trinajstić information content (AvgIpc) is 3.06. The van der Waals surface area contributed by atoms with Crippen molar-refractivity contribution in [2.75, 3.05) is 39.4 Å². The number of hydrogen-bond donors (Lipinski definition) is 1. The summed E-state index contributed by atoms with van der Waals surface area (Å²) in [5.41, 5.74) is -0.709. The van der Waals surface area contributed by atoms with Crippen molar-refractivity contribution >= 4 is 16.1 Å². The summed E-state index contributed by atoms with van der Waals surface area (Å²) >= 11 is 0. The molecule has 1 aromatic carbocycles. The Morgan fingerprint density at radius 2 is 1.89 bits per heavy atom. The third kappa shape index (κ3) is 5.02. The minimum Gasteiger partial charge on any atom is -0.379 e. The second kappa shape index (κ2) is 8.36.